The number of hydrogen-bond donors (Lipinski definition) is 2. The summed E-state index contributed by atoms with van der Waals surface area (Å²) < 4.78 is 5.79. The third-order valence-electron chi connectivity index (χ3n) is 5.54. The molecule has 2 atom stereocenters. The van der Waals surface area contributed by atoms with E-state index in [0.29, 0.717) is 18.3 Å². The summed E-state index contributed by atoms with van der Waals surface area (Å²) in [6.07, 6.45) is -0.583. The van der Waals surface area contributed by atoms with Crippen molar-refractivity contribution >= 4 is 28.2 Å². The van der Waals surface area contributed by atoms with Crippen LogP contribution in [0.15, 0.2) is 59.4 Å². The van der Waals surface area contributed by atoms with Crippen LogP contribution in [0.5, 0.6) is 5.75 Å². The van der Waals surface area contributed by atoms with Crippen molar-refractivity contribution in [2.75, 3.05) is 37.7 Å². The van der Waals surface area contributed by atoms with Crippen LogP contribution in [-0.2, 0) is 0 Å². The summed E-state index contributed by atoms with van der Waals surface area (Å²) in [5.41, 5.74) is 1.81. The summed E-state index contributed by atoms with van der Waals surface area (Å²) in [7, 11) is 0. The lowest BCUT2D eigenvalue weighted by Crippen LogP contribution is -2.54. The van der Waals surface area contributed by atoms with Crippen molar-refractivity contribution in [1.82, 2.24) is 9.88 Å². The fourth-order valence-electron chi connectivity index (χ4n) is 3.89. The summed E-state index contributed by atoms with van der Waals surface area (Å²) in [5, 5.41) is 12.1. The van der Waals surface area contributed by atoms with Crippen molar-refractivity contribution < 1.29 is 9.84 Å². The number of hydrogen-bond acceptors (Lipinski definition) is 5. The van der Waals surface area contributed by atoms with Crippen LogP contribution in [0.2, 0.25) is 5.02 Å². The molecule has 7 heteroatoms. The van der Waals surface area contributed by atoms with Crippen LogP contribution in [0.3, 0.4) is 0 Å². The molecule has 6 nitrogen and oxygen atoms in total. The minimum absolute atomic E-state index is 0.128. The van der Waals surface area contributed by atoms with E-state index in [2.05, 4.69) is 21.7 Å². The van der Waals surface area contributed by atoms with E-state index in [1.165, 1.54) is 11.8 Å². The number of H-pyrrole nitrogens is 1. The predicted molar refractivity (Wildman–Crippen MR) is 121 cm³/mol. The highest BCUT2D eigenvalue weighted by Crippen LogP contribution is 2.22. The molecule has 0 radical (unpaired) electrons. The number of β-amino-alcohol motifs (C(OH)–C–C–N with tert-alkyl or cyclic N) is 1. The van der Waals surface area contributed by atoms with Gasteiger partial charge in [-0.15, -0.1) is 0 Å². The Bertz CT molecular complexity index is 1050. The molecule has 2 aromatic carbocycles. The van der Waals surface area contributed by atoms with Crippen molar-refractivity contribution in [2.45, 2.75) is 19.1 Å². The fraction of sp³-hybridized carbons (Fsp3) is 0.348. The number of rotatable bonds is 6. The lowest BCUT2D eigenvalue weighted by molar-refractivity contribution is 0.0513. The lowest BCUT2D eigenvalue weighted by Gasteiger charge is -2.41. The number of aromatic nitrogens is 1. The van der Waals surface area contributed by atoms with E-state index in [4.69, 9.17) is 16.3 Å². The highest BCUT2D eigenvalue weighted by molar-refractivity contribution is 6.30. The summed E-state index contributed by atoms with van der Waals surface area (Å²) in [6.45, 7) is 5.65. The number of nitrogens with one attached hydrogen (secondary N) is 1. The second-order valence-electron chi connectivity index (χ2n) is 7.80. The molecule has 0 saturated carbocycles. The van der Waals surface area contributed by atoms with Gasteiger partial charge in [0, 0.05) is 59.9 Å². The standard InChI is InChI=1S/C23H26ClN3O3/c1-16-13-27(19-5-3-18(24)4-6-19)11-10-26(16)14-20(28)15-30-21-7-8-22-17(12-21)2-9-23(29)25-22/h2-9,12,16,20,28H,10-11,13-15H2,1H3,(H,25,29)/t16-,20+/m1/s1. The van der Waals surface area contributed by atoms with Crippen molar-refractivity contribution in [2.24, 2.45) is 0 Å². The SMILES string of the molecule is C[C@@H]1CN(c2ccc(Cl)cc2)CCN1C[C@H](O)COc1ccc2[nH]c(=O)ccc2c1. The molecule has 2 heterocycles. The van der Waals surface area contributed by atoms with Crippen LogP contribution in [0.25, 0.3) is 10.9 Å². The zero-order valence-electron chi connectivity index (χ0n) is 16.9. The molecule has 4 rings (SSSR count). The van der Waals surface area contributed by atoms with Gasteiger partial charge >= 0.3 is 0 Å². The summed E-state index contributed by atoms with van der Waals surface area (Å²) in [5.74, 6) is 0.675. The maximum atomic E-state index is 11.4. The highest BCUT2D eigenvalue weighted by atomic mass is 35.5. The Morgan fingerprint density at radius 3 is 2.73 bits per heavy atom. The molecule has 3 aromatic rings. The minimum Gasteiger partial charge on any atom is -0.491 e. The Balaban J connectivity index is 1.29. The van der Waals surface area contributed by atoms with E-state index in [9.17, 15) is 9.90 Å². The van der Waals surface area contributed by atoms with Crippen LogP contribution in [0.1, 0.15) is 6.92 Å². The van der Waals surface area contributed by atoms with E-state index < -0.39 is 6.10 Å². The first-order valence-corrected chi connectivity index (χ1v) is 10.5. The van der Waals surface area contributed by atoms with Crippen molar-refractivity contribution in [3.63, 3.8) is 0 Å². The molecular formula is C23H26ClN3O3. The van der Waals surface area contributed by atoms with Gasteiger partial charge in [-0.25, -0.2) is 0 Å². The second kappa shape index (κ2) is 9.08. The van der Waals surface area contributed by atoms with E-state index in [-0.39, 0.29) is 12.2 Å². The number of piperazine rings is 1. The average molecular weight is 428 g/mol. The molecular weight excluding hydrogens is 402 g/mol. The van der Waals surface area contributed by atoms with Crippen LogP contribution in [-0.4, -0.2) is 59.9 Å². The lowest BCUT2D eigenvalue weighted by atomic mass is 10.1. The topological polar surface area (TPSA) is 68.8 Å². The van der Waals surface area contributed by atoms with Crippen molar-refractivity contribution in [1.29, 1.82) is 0 Å². The minimum atomic E-state index is -0.583. The Morgan fingerprint density at radius 1 is 1.17 bits per heavy atom. The number of anilines is 1. The van der Waals surface area contributed by atoms with Gasteiger partial charge < -0.3 is 19.7 Å². The van der Waals surface area contributed by atoms with E-state index in [1.54, 1.807) is 12.1 Å². The zero-order chi connectivity index (χ0) is 21.1. The molecule has 30 heavy (non-hydrogen) atoms. The Kier molecular flexibility index (Phi) is 6.27. The maximum absolute atomic E-state index is 11.4. The van der Waals surface area contributed by atoms with E-state index in [1.807, 2.05) is 36.4 Å². The van der Waals surface area contributed by atoms with Gasteiger partial charge in [-0.05, 0) is 55.5 Å². The first-order valence-electron chi connectivity index (χ1n) is 10.2. The Labute approximate surface area is 180 Å². The largest absolute Gasteiger partial charge is 0.491 e. The van der Waals surface area contributed by atoms with Crippen molar-refractivity contribution in [3.8, 4) is 5.75 Å². The number of fused-ring (bicyclic) bond motifs is 1. The quantitative estimate of drug-likeness (QED) is 0.632. The monoisotopic (exact) mass is 427 g/mol. The molecule has 0 unspecified atom stereocenters. The molecule has 0 spiro atoms. The van der Waals surface area contributed by atoms with Crippen LogP contribution >= 0.6 is 11.6 Å². The summed E-state index contributed by atoms with van der Waals surface area (Å²) >= 11 is 5.99. The molecule has 1 aliphatic heterocycles. The molecule has 1 saturated heterocycles. The number of pyridine rings is 1. The number of aliphatic hydroxyl groups is 1. The van der Waals surface area contributed by atoms with Crippen LogP contribution in [0, 0.1) is 0 Å². The predicted octanol–water partition coefficient (Wildman–Crippen LogP) is 3.13. The summed E-state index contributed by atoms with van der Waals surface area (Å²) in [6, 6.07) is 17.0. The zero-order valence-corrected chi connectivity index (χ0v) is 17.7. The molecule has 2 N–H and O–H groups in total. The molecule has 158 valence electrons. The van der Waals surface area contributed by atoms with Gasteiger partial charge in [-0.2, -0.15) is 0 Å². The van der Waals surface area contributed by atoms with Gasteiger partial charge in [0.2, 0.25) is 5.56 Å². The van der Waals surface area contributed by atoms with Gasteiger partial charge in [0.1, 0.15) is 18.5 Å². The normalized spacial score (nSPS) is 18.5. The molecule has 0 bridgehead atoms. The smallest absolute Gasteiger partial charge is 0.248 e. The molecule has 0 aliphatic carbocycles. The number of ether oxygens (including phenoxy) is 1. The number of benzene rings is 2. The molecule has 1 aliphatic rings. The van der Waals surface area contributed by atoms with Gasteiger partial charge in [0.15, 0.2) is 0 Å². The van der Waals surface area contributed by atoms with Gasteiger partial charge in [-0.3, -0.25) is 9.69 Å². The number of nitrogens with zero attached hydrogens (tertiary/aromatic N) is 2. The fourth-order valence-corrected chi connectivity index (χ4v) is 4.02. The number of halogens is 1. The van der Waals surface area contributed by atoms with Crippen LogP contribution < -0.4 is 15.2 Å². The van der Waals surface area contributed by atoms with E-state index in [0.717, 1.165) is 35.6 Å². The van der Waals surface area contributed by atoms with E-state index >= 15 is 0 Å². The molecule has 1 aromatic heterocycles. The van der Waals surface area contributed by atoms with Gasteiger partial charge in [0.05, 0.1) is 0 Å². The highest BCUT2D eigenvalue weighted by Gasteiger charge is 2.25. The second-order valence-corrected chi connectivity index (χ2v) is 8.24. The first-order chi connectivity index (χ1) is 14.5. The third kappa shape index (κ3) is 4.95. The number of aliphatic hydroxyl groups excluding tert-OH is 1. The number of aromatic amines is 1. The Hall–Kier alpha value is -2.54. The van der Waals surface area contributed by atoms with Crippen molar-refractivity contribution in [3.05, 3.63) is 70.0 Å². The van der Waals surface area contributed by atoms with Gasteiger partial charge in [0.25, 0.3) is 0 Å². The summed E-state index contributed by atoms with van der Waals surface area (Å²) in [4.78, 5) is 18.8. The Morgan fingerprint density at radius 2 is 1.97 bits per heavy atom. The first kappa shape index (κ1) is 20.7. The third-order valence-corrected chi connectivity index (χ3v) is 5.79. The van der Waals surface area contributed by atoms with Gasteiger partial charge in [-0.1, -0.05) is 11.6 Å². The maximum Gasteiger partial charge on any atom is 0.248 e. The average Bonchev–Trinajstić information content (AvgIpc) is 2.74. The molecule has 1 fully saturated rings. The molecule has 0 amide bonds. The van der Waals surface area contributed by atoms with Crippen LogP contribution in [0.4, 0.5) is 5.69 Å².